The fourth-order valence-electron chi connectivity index (χ4n) is 2.02. The molecule has 0 radical (unpaired) electrons. The first kappa shape index (κ1) is 17.9. The Morgan fingerprint density at radius 1 is 1.21 bits per heavy atom. The number of ether oxygens (including phenoxy) is 3. The van der Waals surface area contributed by atoms with Gasteiger partial charge in [0, 0.05) is 19.3 Å². The van der Waals surface area contributed by atoms with Crippen molar-refractivity contribution < 1.29 is 19.0 Å². The summed E-state index contributed by atoms with van der Waals surface area (Å²) in [5.41, 5.74) is 0.463. The molecule has 6 heteroatoms. The minimum atomic E-state index is -0.211. The first-order valence-electron chi connectivity index (χ1n) is 7.75. The van der Waals surface area contributed by atoms with Gasteiger partial charge in [0.1, 0.15) is 11.5 Å². The van der Waals surface area contributed by atoms with Crippen LogP contribution in [0.2, 0.25) is 0 Å². The number of hydrogen-bond acceptors (Lipinski definition) is 5. The molecule has 0 unspecified atom stereocenters. The van der Waals surface area contributed by atoms with E-state index in [4.69, 9.17) is 14.2 Å². The Kier molecular flexibility index (Phi) is 7.20. The van der Waals surface area contributed by atoms with E-state index in [-0.39, 0.29) is 11.9 Å². The molecule has 1 heterocycles. The molecule has 0 fully saturated rings. The van der Waals surface area contributed by atoms with Gasteiger partial charge in [0.15, 0.2) is 0 Å². The van der Waals surface area contributed by atoms with Crippen molar-refractivity contribution in [3.8, 4) is 11.5 Å². The quantitative estimate of drug-likeness (QED) is 0.716. The summed E-state index contributed by atoms with van der Waals surface area (Å²) in [6.07, 6.45) is 3.26. The van der Waals surface area contributed by atoms with Crippen molar-refractivity contribution in [1.29, 1.82) is 0 Å². The summed E-state index contributed by atoms with van der Waals surface area (Å²) in [5.74, 6) is 0.849. The number of carbonyl (C=O) groups excluding carboxylic acids is 1. The fraction of sp³-hybridized carbons (Fsp3) is 0.333. The van der Waals surface area contributed by atoms with E-state index in [1.165, 1.54) is 0 Å². The van der Waals surface area contributed by atoms with E-state index in [2.05, 4.69) is 10.3 Å². The van der Waals surface area contributed by atoms with Crippen LogP contribution in [-0.2, 0) is 9.47 Å². The number of nitrogens with zero attached hydrogens (tertiary/aromatic N) is 1. The summed E-state index contributed by atoms with van der Waals surface area (Å²) < 4.78 is 16.1. The van der Waals surface area contributed by atoms with Gasteiger partial charge in [0.2, 0.25) is 0 Å². The molecule has 1 amide bonds. The van der Waals surface area contributed by atoms with Crippen LogP contribution in [0.1, 0.15) is 17.3 Å². The van der Waals surface area contributed by atoms with E-state index >= 15 is 0 Å². The van der Waals surface area contributed by atoms with Gasteiger partial charge in [-0.05, 0) is 31.2 Å². The molecule has 1 aromatic carbocycles. The van der Waals surface area contributed by atoms with E-state index in [9.17, 15) is 4.79 Å². The topological polar surface area (TPSA) is 69.7 Å². The van der Waals surface area contributed by atoms with Gasteiger partial charge in [0.05, 0.1) is 31.6 Å². The molecule has 2 rings (SSSR count). The smallest absolute Gasteiger partial charge is 0.255 e. The average molecular weight is 330 g/mol. The van der Waals surface area contributed by atoms with Crippen molar-refractivity contribution in [2.45, 2.75) is 13.0 Å². The third-order valence-corrected chi connectivity index (χ3v) is 3.17. The standard InChI is InChI=1S/C18H22N2O4/c1-14(13-23-11-10-22-2)20-18(21)16-7-3-4-8-17(16)24-15-6-5-9-19-12-15/h3-9,12,14H,10-11,13H2,1-2H3,(H,20,21)/t14-/m0/s1. The highest BCUT2D eigenvalue weighted by Gasteiger charge is 2.15. The van der Waals surface area contributed by atoms with Gasteiger partial charge in [-0.25, -0.2) is 0 Å². The van der Waals surface area contributed by atoms with Crippen molar-refractivity contribution >= 4 is 5.91 Å². The summed E-state index contributed by atoms with van der Waals surface area (Å²) in [6, 6.07) is 10.5. The van der Waals surface area contributed by atoms with Crippen molar-refractivity contribution in [3.05, 3.63) is 54.4 Å². The molecule has 24 heavy (non-hydrogen) atoms. The molecule has 6 nitrogen and oxygen atoms in total. The molecular formula is C18H22N2O4. The van der Waals surface area contributed by atoms with E-state index in [0.717, 1.165) is 0 Å². The van der Waals surface area contributed by atoms with Crippen molar-refractivity contribution in [2.75, 3.05) is 26.9 Å². The van der Waals surface area contributed by atoms with E-state index < -0.39 is 0 Å². The molecule has 0 saturated heterocycles. The Bertz CT molecular complexity index is 634. The van der Waals surface area contributed by atoms with Crippen LogP contribution in [0.15, 0.2) is 48.8 Å². The lowest BCUT2D eigenvalue weighted by Crippen LogP contribution is -2.36. The number of rotatable bonds is 9. The van der Waals surface area contributed by atoms with Crippen molar-refractivity contribution in [3.63, 3.8) is 0 Å². The van der Waals surface area contributed by atoms with E-state index in [1.54, 1.807) is 49.8 Å². The van der Waals surface area contributed by atoms with E-state index in [0.29, 0.717) is 36.9 Å². The minimum Gasteiger partial charge on any atom is -0.455 e. The Morgan fingerprint density at radius 2 is 2.04 bits per heavy atom. The number of hydrogen-bond donors (Lipinski definition) is 1. The molecule has 1 aromatic heterocycles. The molecule has 0 aliphatic rings. The zero-order valence-electron chi connectivity index (χ0n) is 13.9. The molecular weight excluding hydrogens is 308 g/mol. The molecule has 0 spiro atoms. The number of nitrogens with one attached hydrogen (secondary N) is 1. The summed E-state index contributed by atoms with van der Waals surface area (Å²) in [4.78, 5) is 16.5. The highest BCUT2D eigenvalue weighted by atomic mass is 16.5. The van der Waals surface area contributed by atoms with Crippen LogP contribution < -0.4 is 10.1 Å². The SMILES string of the molecule is COCCOC[C@H](C)NC(=O)c1ccccc1Oc1cccnc1. The molecule has 1 N–H and O–H groups in total. The number of aromatic nitrogens is 1. The van der Waals surface area contributed by atoms with Gasteiger partial charge in [-0.2, -0.15) is 0 Å². The zero-order valence-corrected chi connectivity index (χ0v) is 13.9. The third-order valence-electron chi connectivity index (χ3n) is 3.17. The van der Waals surface area contributed by atoms with Crippen LogP contribution in [0.4, 0.5) is 0 Å². The predicted molar refractivity (Wildman–Crippen MR) is 90.4 cm³/mol. The molecule has 0 bridgehead atoms. The predicted octanol–water partition coefficient (Wildman–Crippen LogP) is 2.66. The monoisotopic (exact) mass is 330 g/mol. The molecule has 128 valence electrons. The lowest BCUT2D eigenvalue weighted by molar-refractivity contribution is 0.0583. The maximum absolute atomic E-state index is 12.5. The third kappa shape index (κ3) is 5.64. The van der Waals surface area contributed by atoms with Gasteiger partial charge < -0.3 is 19.5 Å². The summed E-state index contributed by atoms with van der Waals surface area (Å²) in [5, 5.41) is 2.90. The molecule has 0 aliphatic heterocycles. The average Bonchev–Trinajstić information content (AvgIpc) is 2.60. The maximum Gasteiger partial charge on any atom is 0.255 e. The van der Waals surface area contributed by atoms with Crippen LogP contribution >= 0.6 is 0 Å². The number of para-hydroxylation sites is 1. The Labute approximate surface area is 141 Å². The van der Waals surface area contributed by atoms with Crippen LogP contribution in [0.3, 0.4) is 0 Å². The summed E-state index contributed by atoms with van der Waals surface area (Å²) in [7, 11) is 1.62. The Balaban J connectivity index is 1.96. The summed E-state index contributed by atoms with van der Waals surface area (Å²) >= 11 is 0. The van der Waals surface area contributed by atoms with Gasteiger partial charge in [-0.15, -0.1) is 0 Å². The van der Waals surface area contributed by atoms with E-state index in [1.807, 2.05) is 13.0 Å². The normalized spacial score (nSPS) is 11.8. The van der Waals surface area contributed by atoms with Crippen molar-refractivity contribution in [1.82, 2.24) is 10.3 Å². The molecule has 0 saturated carbocycles. The lowest BCUT2D eigenvalue weighted by Gasteiger charge is -2.16. The number of methoxy groups -OCH3 is 1. The van der Waals surface area contributed by atoms with Crippen LogP contribution in [-0.4, -0.2) is 43.9 Å². The van der Waals surface area contributed by atoms with Crippen LogP contribution in [0.5, 0.6) is 11.5 Å². The second-order valence-corrected chi connectivity index (χ2v) is 5.23. The highest BCUT2D eigenvalue weighted by molar-refractivity contribution is 5.97. The van der Waals surface area contributed by atoms with Crippen molar-refractivity contribution in [2.24, 2.45) is 0 Å². The lowest BCUT2D eigenvalue weighted by atomic mass is 10.1. The fourth-order valence-corrected chi connectivity index (χ4v) is 2.02. The van der Waals surface area contributed by atoms with Crippen LogP contribution in [0, 0.1) is 0 Å². The molecule has 2 aromatic rings. The Hall–Kier alpha value is -2.44. The van der Waals surface area contributed by atoms with Gasteiger partial charge in [-0.3, -0.25) is 9.78 Å². The Morgan fingerprint density at radius 3 is 2.79 bits per heavy atom. The first-order valence-corrected chi connectivity index (χ1v) is 7.75. The van der Waals surface area contributed by atoms with Gasteiger partial charge in [0.25, 0.3) is 5.91 Å². The second-order valence-electron chi connectivity index (χ2n) is 5.23. The van der Waals surface area contributed by atoms with Crippen LogP contribution in [0.25, 0.3) is 0 Å². The highest BCUT2D eigenvalue weighted by Crippen LogP contribution is 2.24. The van der Waals surface area contributed by atoms with Gasteiger partial charge in [-0.1, -0.05) is 12.1 Å². The number of amides is 1. The molecule has 0 aliphatic carbocycles. The second kappa shape index (κ2) is 9.64. The molecule has 1 atom stereocenters. The number of benzene rings is 1. The largest absolute Gasteiger partial charge is 0.455 e. The minimum absolute atomic E-state index is 0.124. The number of carbonyl (C=O) groups is 1. The summed E-state index contributed by atoms with van der Waals surface area (Å²) in [6.45, 7) is 3.33. The first-order chi connectivity index (χ1) is 11.7. The zero-order chi connectivity index (χ0) is 17.2. The maximum atomic E-state index is 12.5. The van der Waals surface area contributed by atoms with Gasteiger partial charge >= 0.3 is 0 Å². The number of pyridine rings is 1.